The standard InChI is InChI=1S/C21H18ClN5O2/c1-28-18-8-7-16(13-19(18)29-2)24-21-23-11-9-20(25-21)27-12-10-17(26-27)14-3-5-15(22)6-4-14/h3-13H,1-2H3,(H,23,24,25). The first-order valence-corrected chi connectivity index (χ1v) is 9.18. The van der Waals surface area contributed by atoms with Crippen LogP contribution < -0.4 is 14.8 Å². The largest absolute Gasteiger partial charge is 0.493 e. The van der Waals surface area contributed by atoms with E-state index in [1.165, 1.54) is 0 Å². The lowest BCUT2D eigenvalue weighted by Crippen LogP contribution is -2.03. The number of halogens is 1. The Bertz CT molecular complexity index is 1130. The van der Waals surface area contributed by atoms with Crippen molar-refractivity contribution in [1.29, 1.82) is 0 Å². The second-order valence-corrected chi connectivity index (χ2v) is 6.52. The summed E-state index contributed by atoms with van der Waals surface area (Å²) >= 11 is 5.96. The minimum absolute atomic E-state index is 0.443. The Morgan fingerprint density at radius 3 is 2.48 bits per heavy atom. The first-order chi connectivity index (χ1) is 14.2. The minimum Gasteiger partial charge on any atom is -0.493 e. The molecule has 0 unspecified atom stereocenters. The highest BCUT2D eigenvalue weighted by molar-refractivity contribution is 6.30. The maximum Gasteiger partial charge on any atom is 0.229 e. The van der Waals surface area contributed by atoms with Gasteiger partial charge < -0.3 is 14.8 Å². The Kier molecular flexibility index (Phi) is 5.31. The van der Waals surface area contributed by atoms with Crippen molar-refractivity contribution < 1.29 is 9.47 Å². The van der Waals surface area contributed by atoms with Crippen LogP contribution in [0.2, 0.25) is 5.02 Å². The fourth-order valence-corrected chi connectivity index (χ4v) is 2.93. The van der Waals surface area contributed by atoms with Gasteiger partial charge >= 0.3 is 0 Å². The Hall–Kier alpha value is -3.58. The van der Waals surface area contributed by atoms with E-state index in [1.807, 2.05) is 54.7 Å². The topological polar surface area (TPSA) is 74.1 Å². The van der Waals surface area contributed by atoms with E-state index >= 15 is 0 Å². The molecule has 1 N–H and O–H groups in total. The molecule has 0 aliphatic heterocycles. The van der Waals surface area contributed by atoms with Gasteiger partial charge in [0, 0.05) is 40.8 Å². The molecule has 0 aliphatic carbocycles. The van der Waals surface area contributed by atoms with E-state index in [2.05, 4.69) is 20.4 Å². The molecule has 4 rings (SSSR count). The van der Waals surface area contributed by atoms with Crippen molar-refractivity contribution >= 4 is 23.2 Å². The lowest BCUT2D eigenvalue weighted by Gasteiger charge is -2.11. The second-order valence-electron chi connectivity index (χ2n) is 6.09. The zero-order valence-electron chi connectivity index (χ0n) is 15.8. The Balaban J connectivity index is 1.57. The maximum absolute atomic E-state index is 5.96. The molecule has 0 fully saturated rings. The summed E-state index contributed by atoms with van der Waals surface area (Å²) in [6.07, 6.45) is 3.53. The number of methoxy groups -OCH3 is 2. The van der Waals surface area contributed by atoms with Crippen LogP contribution in [0.4, 0.5) is 11.6 Å². The summed E-state index contributed by atoms with van der Waals surface area (Å²) in [5.74, 6) is 2.36. The summed E-state index contributed by atoms with van der Waals surface area (Å²) in [6, 6.07) is 16.8. The van der Waals surface area contributed by atoms with E-state index in [0.29, 0.717) is 28.3 Å². The summed E-state index contributed by atoms with van der Waals surface area (Å²) in [5.41, 5.74) is 2.59. The summed E-state index contributed by atoms with van der Waals surface area (Å²) in [6.45, 7) is 0. The number of anilines is 2. The normalized spacial score (nSPS) is 10.6. The first kappa shape index (κ1) is 18.8. The second kappa shape index (κ2) is 8.20. The van der Waals surface area contributed by atoms with Crippen LogP contribution in [0.25, 0.3) is 17.1 Å². The lowest BCUT2D eigenvalue weighted by molar-refractivity contribution is 0.355. The van der Waals surface area contributed by atoms with Gasteiger partial charge in [-0.05, 0) is 30.3 Å². The summed E-state index contributed by atoms with van der Waals surface area (Å²) < 4.78 is 12.3. The van der Waals surface area contributed by atoms with Crippen LogP contribution in [0.1, 0.15) is 0 Å². The maximum atomic E-state index is 5.96. The lowest BCUT2D eigenvalue weighted by atomic mass is 10.2. The number of nitrogens with zero attached hydrogens (tertiary/aromatic N) is 4. The molecule has 0 amide bonds. The minimum atomic E-state index is 0.443. The van der Waals surface area contributed by atoms with Gasteiger partial charge in [-0.25, -0.2) is 9.67 Å². The van der Waals surface area contributed by atoms with Crippen molar-refractivity contribution in [3.63, 3.8) is 0 Å². The van der Waals surface area contributed by atoms with Crippen LogP contribution in [0.3, 0.4) is 0 Å². The Morgan fingerprint density at radius 1 is 0.931 bits per heavy atom. The monoisotopic (exact) mass is 407 g/mol. The van der Waals surface area contributed by atoms with Gasteiger partial charge in [-0.3, -0.25) is 0 Å². The van der Waals surface area contributed by atoms with E-state index in [4.69, 9.17) is 21.1 Å². The smallest absolute Gasteiger partial charge is 0.229 e. The van der Waals surface area contributed by atoms with E-state index in [9.17, 15) is 0 Å². The SMILES string of the molecule is COc1ccc(Nc2nccc(-n3ccc(-c4ccc(Cl)cc4)n3)n2)cc1OC. The number of hydrogen-bond acceptors (Lipinski definition) is 6. The Morgan fingerprint density at radius 2 is 1.72 bits per heavy atom. The highest BCUT2D eigenvalue weighted by Crippen LogP contribution is 2.30. The first-order valence-electron chi connectivity index (χ1n) is 8.80. The molecule has 4 aromatic rings. The molecule has 2 aromatic carbocycles. The zero-order chi connectivity index (χ0) is 20.2. The van der Waals surface area contributed by atoms with Crippen LogP contribution in [0.5, 0.6) is 11.5 Å². The third-order valence-electron chi connectivity index (χ3n) is 4.24. The molecule has 0 bridgehead atoms. The molecule has 0 saturated heterocycles. The van der Waals surface area contributed by atoms with Crippen molar-refractivity contribution in [3.05, 3.63) is 72.0 Å². The van der Waals surface area contributed by atoms with Crippen LogP contribution in [-0.4, -0.2) is 34.0 Å². The highest BCUT2D eigenvalue weighted by atomic mass is 35.5. The van der Waals surface area contributed by atoms with E-state index in [1.54, 1.807) is 31.2 Å². The molecule has 0 spiro atoms. The van der Waals surface area contributed by atoms with Gasteiger partial charge in [-0.2, -0.15) is 10.1 Å². The quantitative estimate of drug-likeness (QED) is 0.497. The predicted octanol–water partition coefficient (Wildman–Crippen LogP) is 4.74. The number of benzene rings is 2. The van der Waals surface area contributed by atoms with Crippen molar-refractivity contribution in [2.24, 2.45) is 0 Å². The fraction of sp³-hybridized carbons (Fsp3) is 0.0952. The molecule has 7 nitrogen and oxygen atoms in total. The third-order valence-corrected chi connectivity index (χ3v) is 4.50. The molecule has 2 aromatic heterocycles. The van der Waals surface area contributed by atoms with Crippen LogP contribution in [-0.2, 0) is 0 Å². The van der Waals surface area contributed by atoms with Gasteiger partial charge in [0.05, 0.1) is 19.9 Å². The third kappa shape index (κ3) is 4.14. The summed E-state index contributed by atoms with van der Waals surface area (Å²) in [7, 11) is 3.19. The molecular weight excluding hydrogens is 390 g/mol. The van der Waals surface area contributed by atoms with E-state index in [0.717, 1.165) is 16.9 Å². The van der Waals surface area contributed by atoms with Crippen molar-refractivity contribution in [1.82, 2.24) is 19.7 Å². The van der Waals surface area contributed by atoms with Gasteiger partial charge in [0.25, 0.3) is 0 Å². The number of ether oxygens (including phenoxy) is 2. The number of hydrogen-bond donors (Lipinski definition) is 1. The number of nitrogens with one attached hydrogen (secondary N) is 1. The van der Waals surface area contributed by atoms with Crippen LogP contribution in [0.15, 0.2) is 67.0 Å². The summed E-state index contributed by atoms with van der Waals surface area (Å²) in [5, 5.41) is 8.46. The molecular formula is C21H18ClN5O2. The van der Waals surface area contributed by atoms with Gasteiger partial charge in [-0.1, -0.05) is 23.7 Å². The predicted molar refractivity (Wildman–Crippen MR) is 112 cm³/mol. The summed E-state index contributed by atoms with van der Waals surface area (Å²) in [4.78, 5) is 8.83. The van der Waals surface area contributed by atoms with Gasteiger partial charge in [0.1, 0.15) is 0 Å². The molecule has 8 heteroatoms. The molecule has 0 aliphatic rings. The molecule has 0 atom stereocenters. The van der Waals surface area contributed by atoms with E-state index in [-0.39, 0.29) is 0 Å². The number of aromatic nitrogens is 4. The van der Waals surface area contributed by atoms with Crippen LogP contribution >= 0.6 is 11.6 Å². The van der Waals surface area contributed by atoms with E-state index < -0.39 is 0 Å². The molecule has 0 saturated carbocycles. The van der Waals surface area contributed by atoms with Crippen molar-refractivity contribution in [2.45, 2.75) is 0 Å². The molecule has 29 heavy (non-hydrogen) atoms. The van der Waals surface area contributed by atoms with Gasteiger partial charge in [-0.15, -0.1) is 0 Å². The fourth-order valence-electron chi connectivity index (χ4n) is 2.81. The Labute approximate surface area is 172 Å². The van der Waals surface area contributed by atoms with Gasteiger partial charge in [0.15, 0.2) is 17.3 Å². The molecule has 146 valence electrons. The zero-order valence-corrected chi connectivity index (χ0v) is 16.6. The van der Waals surface area contributed by atoms with Crippen LogP contribution in [0, 0.1) is 0 Å². The molecule has 2 heterocycles. The van der Waals surface area contributed by atoms with Gasteiger partial charge in [0.2, 0.25) is 5.95 Å². The van der Waals surface area contributed by atoms with Crippen molar-refractivity contribution in [2.75, 3.05) is 19.5 Å². The highest BCUT2D eigenvalue weighted by Gasteiger charge is 2.08. The average molecular weight is 408 g/mol. The van der Waals surface area contributed by atoms with Crippen molar-refractivity contribution in [3.8, 4) is 28.6 Å². The average Bonchev–Trinajstić information content (AvgIpc) is 3.25. The number of rotatable bonds is 6. The molecule has 0 radical (unpaired) electrons.